The summed E-state index contributed by atoms with van der Waals surface area (Å²) < 4.78 is 78.0. The number of ether oxygens (including phenoxy) is 1. The normalized spacial score (nSPS) is 16.8. The maximum absolute atomic E-state index is 13.0. The average molecular weight is 436 g/mol. The number of hydrogen-bond donors (Lipinski definition) is 0. The molecule has 3 rings (SSSR count). The van der Waals surface area contributed by atoms with Crippen LogP contribution in [0.4, 0.5) is 22.0 Å². The topological polar surface area (TPSA) is 43.8 Å². The monoisotopic (exact) mass is 436 g/mol. The van der Waals surface area contributed by atoms with Gasteiger partial charge in [0, 0.05) is 12.2 Å². The van der Waals surface area contributed by atoms with E-state index in [1.54, 1.807) is 6.08 Å². The summed E-state index contributed by atoms with van der Waals surface area (Å²) in [4.78, 5) is 6.14. The number of fused-ring (bicyclic) bond motifs is 1. The van der Waals surface area contributed by atoms with Crippen molar-refractivity contribution in [2.45, 2.75) is 25.4 Å². The van der Waals surface area contributed by atoms with Crippen LogP contribution in [0, 0.1) is 0 Å². The molecule has 158 valence electrons. The van der Waals surface area contributed by atoms with E-state index in [0.29, 0.717) is 30.3 Å². The van der Waals surface area contributed by atoms with E-state index < -0.39 is 18.7 Å². The molecule has 0 aliphatic carbocycles. The Kier molecular flexibility index (Phi) is 6.37. The maximum Gasteiger partial charge on any atom is 0.456 e. The van der Waals surface area contributed by atoms with Crippen molar-refractivity contribution < 1.29 is 35.1 Å². The van der Waals surface area contributed by atoms with E-state index in [0.717, 1.165) is 30.6 Å². The zero-order chi connectivity index (χ0) is 21.1. The second-order valence-electron chi connectivity index (χ2n) is 6.04. The Morgan fingerprint density at radius 2 is 1.97 bits per heavy atom. The van der Waals surface area contributed by atoms with Crippen molar-refractivity contribution in [2.24, 2.45) is 0 Å². The van der Waals surface area contributed by atoms with Crippen molar-refractivity contribution in [1.82, 2.24) is 9.88 Å². The Bertz CT molecular complexity index is 822. The van der Waals surface area contributed by atoms with E-state index in [1.165, 1.54) is 12.1 Å². The van der Waals surface area contributed by atoms with Crippen LogP contribution in [-0.4, -0.2) is 41.7 Å². The minimum absolute atomic E-state index is 0.201. The molecule has 0 bridgehead atoms. The molecule has 5 nitrogen and oxygen atoms in total. The number of alkyl halides is 5. The van der Waals surface area contributed by atoms with Gasteiger partial charge in [-0.25, -0.2) is 0 Å². The fourth-order valence-electron chi connectivity index (χ4n) is 2.65. The van der Waals surface area contributed by atoms with Crippen LogP contribution in [0.3, 0.4) is 0 Å². The molecular weight excluding hydrogens is 419 g/mol. The fraction of sp³-hybridized carbons (Fsp3) is 0.389. The van der Waals surface area contributed by atoms with Crippen molar-refractivity contribution >= 4 is 18.0 Å². The average Bonchev–Trinajstić information content (AvgIpc) is 3.15. The molecule has 0 spiro atoms. The van der Waals surface area contributed by atoms with Gasteiger partial charge in [0.15, 0.2) is 12.4 Å². The van der Waals surface area contributed by atoms with Gasteiger partial charge in [-0.05, 0) is 37.6 Å². The molecule has 2 aliphatic heterocycles. The second-order valence-corrected chi connectivity index (χ2v) is 6.58. The van der Waals surface area contributed by atoms with Gasteiger partial charge < -0.3 is 13.8 Å². The van der Waals surface area contributed by atoms with Gasteiger partial charge in [-0.15, -0.1) is 0 Å². The standard InChI is InChI=1S/C18H17F5N2O3S/c1-2-27-29-28-15-8-5-12-4-3-9-25(12)16(15)14-7-6-13(10-24-14)26-11-17(19,20)18(21,22)23/h4-8,10H,2-3,9,11H2,1H3. The SMILES string of the molecule is CCOSOC1=C(c2ccc(OCC(F)(F)C(F)(F)F)cn2)N2CCC=C2C=C1. The maximum atomic E-state index is 13.0. The van der Waals surface area contributed by atoms with Crippen LogP contribution < -0.4 is 4.74 Å². The number of rotatable bonds is 8. The van der Waals surface area contributed by atoms with Crippen molar-refractivity contribution in [3.63, 3.8) is 0 Å². The van der Waals surface area contributed by atoms with Crippen LogP contribution in [-0.2, 0) is 8.37 Å². The predicted octanol–water partition coefficient (Wildman–Crippen LogP) is 5.10. The Morgan fingerprint density at radius 1 is 1.17 bits per heavy atom. The second kappa shape index (κ2) is 8.62. The highest BCUT2D eigenvalue weighted by atomic mass is 32.2. The zero-order valence-electron chi connectivity index (χ0n) is 15.2. The summed E-state index contributed by atoms with van der Waals surface area (Å²) in [5.41, 5.74) is 2.04. The van der Waals surface area contributed by atoms with Crippen LogP contribution in [0.5, 0.6) is 5.75 Å². The third kappa shape index (κ3) is 4.84. The van der Waals surface area contributed by atoms with Crippen molar-refractivity contribution in [1.29, 1.82) is 0 Å². The van der Waals surface area contributed by atoms with Crippen LogP contribution in [0.2, 0.25) is 0 Å². The molecule has 0 aromatic carbocycles. The van der Waals surface area contributed by atoms with Crippen molar-refractivity contribution in [3.05, 3.63) is 53.7 Å². The Labute approximate surface area is 168 Å². The molecule has 0 saturated heterocycles. The number of halogens is 5. The molecule has 29 heavy (non-hydrogen) atoms. The quantitative estimate of drug-likeness (QED) is 0.321. The molecule has 3 heterocycles. The molecule has 1 aromatic heterocycles. The van der Waals surface area contributed by atoms with E-state index in [2.05, 4.69) is 9.72 Å². The molecule has 0 saturated carbocycles. The molecule has 11 heteroatoms. The summed E-state index contributed by atoms with van der Waals surface area (Å²) in [5.74, 6) is -4.67. The summed E-state index contributed by atoms with van der Waals surface area (Å²) in [7, 11) is 0. The van der Waals surface area contributed by atoms with E-state index in [1.807, 2.05) is 24.0 Å². The van der Waals surface area contributed by atoms with E-state index >= 15 is 0 Å². The lowest BCUT2D eigenvalue weighted by molar-refractivity contribution is -0.290. The molecule has 0 atom stereocenters. The summed E-state index contributed by atoms with van der Waals surface area (Å²) in [5, 5.41) is 0. The molecule has 1 aromatic rings. The molecule has 2 aliphatic rings. The van der Waals surface area contributed by atoms with Gasteiger partial charge in [0.25, 0.3) is 0 Å². The number of allylic oxidation sites excluding steroid dienone is 2. The first-order valence-corrected chi connectivity index (χ1v) is 9.29. The smallest absolute Gasteiger partial charge is 0.456 e. The summed E-state index contributed by atoms with van der Waals surface area (Å²) >= 11 is 0.811. The number of pyridine rings is 1. The van der Waals surface area contributed by atoms with E-state index in [9.17, 15) is 22.0 Å². The van der Waals surface area contributed by atoms with Gasteiger partial charge in [-0.1, -0.05) is 6.08 Å². The zero-order valence-corrected chi connectivity index (χ0v) is 16.0. The summed E-state index contributed by atoms with van der Waals surface area (Å²) in [6.45, 7) is 1.13. The molecule has 0 amide bonds. The minimum atomic E-state index is -5.68. The lowest BCUT2D eigenvalue weighted by Gasteiger charge is -2.28. The van der Waals surface area contributed by atoms with Gasteiger partial charge in [0.05, 0.1) is 18.5 Å². The van der Waals surface area contributed by atoms with Crippen molar-refractivity contribution in [2.75, 3.05) is 19.8 Å². The van der Waals surface area contributed by atoms with Gasteiger partial charge in [0.1, 0.15) is 11.4 Å². The highest BCUT2D eigenvalue weighted by Crippen LogP contribution is 2.38. The summed E-state index contributed by atoms with van der Waals surface area (Å²) in [6.07, 6.45) is 1.92. The first-order chi connectivity index (χ1) is 13.7. The number of hydrogen-bond acceptors (Lipinski definition) is 6. The first kappa shape index (κ1) is 21.4. The van der Waals surface area contributed by atoms with Gasteiger partial charge in [-0.3, -0.25) is 9.17 Å². The Hall–Kier alpha value is -2.27. The first-order valence-electron chi connectivity index (χ1n) is 8.63. The molecule has 0 fully saturated rings. The highest BCUT2D eigenvalue weighted by Gasteiger charge is 2.58. The summed E-state index contributed by atoms with van der Waals surface area (Å²) in [6, 6.07) is 2.76. The van der Waals surface area contributed by atoms with Gasteiger partial charge in [0.2, 0.25) is 12.3 Å². The molecule has 0 unspecified atom stereocenters. The van der Waals surface area contributed by atoms with Crippen LogP contribution in [0.1, 0.15) is 19.0 Å². The fourth-order valence-corrected chi connectivity index (χ4v) is 3.01. The largest absolute Gasteiger partial charge is 0.485 e. The van der Waals surface area contributed by atoms with Gasteiger partial charge in [-0.2, -0.15) is 22.0 Å². The molecule has 0 radical (unpaired) electrons. The predicted molar refractivity (Wildman–Crippen MR) is 96.5 cm³/mol. The van der Waals surface area contributed by atoms with Crippen LogP contribution >= 0.6 is 12.3 Å². The Morgan fingerprint density at radius 3 is 2.62 bits per heavy atom. The Balaban J connectivity index is 1.78. The molecule has 0 N–H and O–H groups in total. The lowest BCUT2D eigenvalue weighted by Crippen LogP contribution is -2.41. The third-order valence-corrected chi connectivity index (χ3v) is 4.61. The highest BCUT2D eigenvalue weighted by molar-refractivity contribution is 7.90. The van der Waals surface area contributed by atoms with Crippen LogP contribution in [0.15, 0.2) is 48.0 Å². The van der Waals surface area contributed by atoms with Gasteiger partial charge >= 0.3 is 12.1 Å². The number of nitrogens with zero attached hydrogens (tertiary/aromatic N) is 2. The minimum Gasteiger partial charge on any atom is -0.485 e. The number of aromatic nitrogens is 1. The van der Waals surface area contributed by atoms with Crippen molar-refractivity contribution in [3.8, 4) is 5.75 Å². The van der Waals surface area contributed by atoms with E-state index in [4.69, 9.17) is 8.37 Å². The lowest BCUT2D eigenvalue weighted by atomic mass is 10.1. The third-order valence-electron chi connectivity index (χ3n) is 4.03. The van der Waals surface area contributed by atoms with Crippen LogP contribution in [0.25, 0.3) is 5.70 Å². The molecular formula is C18H17F5N2O3S. The van der Waals surface area contributed by atoms with E-state index in [-0.39, 0.29) is 5.75 Å².